The molecule has 1 unspecified atom stereocenters. The molecule has 0 fully saturated rings. The lowest BCUT2D eigenvalue weighted by Gasteiger charge is -2.38. The molecule has 2 heterocycles. The summed E-state index contributed by atoms with van der Waals surface area (Å²) in [4.78, 5) is 9.41. The quantitative estimate of drug-likeness (QED) is 0.432. The summed E-state index contributed by atoms with van der Waals surface area (Å²) in [5, 5.41) is 7.03. The van der Waals surface area contributed by atoms with Gasteiger partial charge in [-0.3, -0.25) is 4.99 Å². The van der Waals surface area contributed by atoms with Gasteiger partial charge in [-0.2, -0.15) is 0 Å². The molecule has 0 amide bonds. The first-order chi connectivity index (χ1) is 15.5. The van der Waals surface area contributed by atoms with Gasteiger partial charge in [0.2, 0.25) is 0 Å². The van der Waals surface area contributed by atoms with Gasteiger partial charge in [0.1, 0.15) is 17.2 Å². The lowest BCUT2D eigenvalue weighted by molar-refractivity contribution is 0.0694. The number of fused-ring (bicyclic) bond motifs is 1. The highest BCUT2D eigenvalue weighted by atomic mass is 16.5. The number of para-hydroxylation sites is 1. The zero-order chi connectivity index (χ0) is 22.4. The van der Waals surface area contributed by atoms with Crippen molar-refractivity contribution in [3.8, 4) is 5.75 Å². The minimum atomic E-state index is -0.231. The molecule has 32 heavy (non-hydrogen) atoms. The number of guanidine groups is 1. The van der Waals surface area contributed by atoms with Crippen molar-refractivity contribution in [2.75, 3.05) is 13.1 Å². The highest BCUT2D eigenvalue weighted by Gasteiger charge is 2.33. The van der Waals surface area contributed by atoms with Crippen molar-refractivity contribution in [3.05, 3.63) is 83.9 Å². The molecule has 0 spiro atoms. The van der Waals surface area contributed by atoms with E-state index in [1.165, 1.54) is 11.1 Å². The highest BCUT2D eigenvalue weighted by molar-refractivity contribution is 5.80. The van der Waals surface area contributed by atoms with Crippen LogP contribution >= 0.6 is 0 Å². The van der Waals surface area contributed by atoms with E-state index in [1.54, 1.807) is 0 Å². The van der Waals surface area contributed by atoms with Crippen LogP contribution in [0.2, 0.25) is 0 Å². The van der Waals surface area contributed by atoms with Gasteiger partial charge in [0, 0.05) is 50.4 Å². The zero-order valence-electron chi connectivity index (χ0n) is 19.2. The first kappa shape index (κ1) is 21.9. The average molecular weight is 432 g/mol. The summed E-state index contributed by atoms with van der Waals surface area (Å²) in [5.74, 6) is 2.82. The number of ether oxygens (including phenoxy) is 1. The summed E-state index contributed by atoms with van der Waals surface area (Å²) in [6, 6.07) is 18.9. The van der Waals surface area contributed by atoms with Gasteiger partial charge in [-0.25, -0.2) is 4.98 Å². The second kappa shape index (κ2) is 9.90. The minimum absolute atomic E-state index is 0.146. The fraction of sp³-hybridized carbons (Fsp3) is 0.385. The minimum Gasteiger partial charge on any atom is -0.487 e. The largest absolute Gasteiger partial charge is 0.487 e. The van der Waals surface area contributed by atoms with Crippen molar-refractivity contribution in [3.63, 3.8) is 0 Å². The van der Waals surface area contributed by atoms with Crippen molar-refractivity contribution in [1.29, 1.82) is 0 Å². The first-order valence-corrected chi connectivity index (χ1v) is 11.4. The molecule has 0 bridgehead atoms. The number of hydrogen-bond donors (Lipinski definition) is 2. The number of hydrogen-bond acceptors (Lipinski definition) is 3. The smallest absolute Gasteiger partial charge is 0.191 e. The number of nitrogens with zero attached hydrogens (tertiary/aromatic N) is 3. The molecule has 0 radical (unpaired) electrons. The Morgan fingerprint density at radius 3 is 2.75 bits per heavy atom. The van der Waals surface area contributed by atoms with E-state index >= 15 is 0 Å². The maximum atomic E-state index is 6.17. The molecule has 1 aliphatic rings. The number of aromatic nitrogens is 2. The molecule has 0 aliphatic carbocycles. The molecule has 168 valence electrons. The maximum Gasteiger partial charge on any atom is 0.191 e. The summed E-state index contributed by atoms with van der Waals surface area (Å²) in [6.07, 6.45) is 5.56. The standard InChI is InChI=1S/C26H33N5O/c1-4-27-25(30-22-18-26(2,3)32-23-13-9-8-12-21(22)23)29-15-14-24-28-16-17-31(24)19-20-10-6-5-7-11-20/h5-13,16-17,22H,4,14-15,18-19H2,1-3H3,(H2,27,29,30). The molecule has 3 aromatic rings. The van der Waals surface area contributed by atoms with Crippen LogP contribution in [0.4, 0.5) is 0 Å². The molecule has 2 N–H and O–H groups in total. The van der Waals surface area contributed by atoms with Gasteiger partial charge in [-0.15, -0.1) is 0 Å². The van der Waals surface area contributed by atoms with E-state index in [0.717, 1.165) is 43.5 Å². The second-order valence-corrected chi connectivity index (χ2v) is 8.77. The van der Waals surface area contributed by atoms with Crippen molar-refractivity contribution >= 4 is 5.96 Å². The SMILES string of the molecule is CCNC(=NCCc1nccn1Cc1ccccc1)NC1CC(C)(C)Oc2ccccc21. The summed E-state index contributed by atoms with van der Waals surface area (Å²) in [7, 11) is 0. The van der Waals surface area contributed by atoms with Crippen molar-refractivity contribution in [1.82, 2.24) is 20.2 Å². The Hall–Kier alpha value is -3.28. The fourth-order valence-corrected chi connectivity index (χ4v) is 4.18. The average Bonchev–Trinajstić information content (AvgIpc) is 3.20. The van der Waals surface area contributed by atoms with E-state index in [-0.39, 0.29) is 11.6 Å². The third-order valence-electron chi connectivity index (χ3n) is 5.63. The van der Waals surface area contributed by atoms with Crippen LogP contribution in [0.5, 0.6) is 5.75 Å². The van der Waals surface area contributed by atoms with Crippen LogP contribution in [-0.4, -0.2) is 34.2 Å². The van der Waals surface area contributed by atoms with Gasteiger partial charge in [0.05, 0.1) is 6.04 Å². The Morgan fingerprint density at radius 1 is 1.16 bits per heavy atom. The van der Waals surface area contributed by atoms with E-state index < -0.39 is 0 Å². The molecule has 1 atom stereocenters. The Balaban J connectivity index is 1.43. The number of nitrogens with one attached hydrogen (secondary N) is 2. The van der Waals surface area contributed by atoms with Gasteiger partial charge in [-0.05, 0) is 32.4 Å². The number of aliphatic imine (C=N–C) groups is 1. The van der Waals surface area contributed by atoms with Crippen LogP contribution in [0.25, 0.3) is 0 Å². The van der Waals surface area contributed by atoms with Crippen molar-refractivity contribution in [2.24, 2.45) is 4.99 Å². The third-order valence-corrected chi connectivity index (χ3v) is 5.63. The van der Waals surface area contributed by atoms with Gasteiger partial charge in [0.15, 0.2) is 5.96 Å². The molecule has 6 heteroatoms. The molecule has 0 saturated heterocycles. The van der Waals surface area contributed by atoms with Gasteiger partial charge >= 0.3 is 0 Å². The van der Waals surface area contributed by atoms with Crippen LogP contribution in [0.1, 0.15) is 50.2 Å². The van der Waals surface area contributed by atoms with Crippen LogP contribution in [-0.2, 0) is 13.0 Å². The summed E-state index contributed by atoms with van der Waals surface area (Å²) in [5.41, 5.74) is 2.22. The first-order valence-electron chi connectivity index (χ1n) is 11.4. The van der Waals surface area contributed by atoms with Crippen molar-refractivity contribution < 1.29 is 4.74 Å². The fourth-order valence-electron chi connectivity index (χ4n) is 4.18. The number of imidazole rings is 1. The topological polar surface area (TPSA) is 63.5 Å². The predicted molar refractivity (Wildman–Crippen MR) is 129 cm³/mol. The van der Waals surface area contributed by atoms with E-state index in [0.29, 0.717) is 6.54 Å². The molecule has 4 rings (SSSR count). The van der Waals surface area contributed by atoms with Gasteiger partial charge in [0.25, 0.3) is 0 Å². The molecule has 2 aromatic carbocycles. The Bertz CT molecular complexity index is 1040. The Morgan fingerprint density at radius 2 is 1.94 bits per heavy atom. The molecule has 1 aromatic heterocycles. The number of rotatable bonds is 7. The summed E-state index contributed by atoms with van der Waals surface area (Å²) < 4.78 is 8.37. The lowest BCUT2D eigenvalue weighted by Crippen LogP contribution is -2.45. The second-order valence-electron chi connectivity index (χ2n) is 8.77. The molecular formula is C26H33N5O. The van der Waals surface area contributed by atoms with E-state index in [9.17, 15) is 0 Å². The maximum absolute atomic E-state index is 6.17. The van der Waals surface area contributed by atoms with Gasteiger partial charge in [-0.1, -0.05) is 48.5 Å². The third kappa shape index (κ3) is 5.49. The van der Waals surface area contributed by atoms with Crippen molar-refractivity contribution in [2.45, 2.75) is 51.8 Å². The summed E-state index contributed by atoms with van der Waals surface area (Å²) >= 11 is 0. The van der Waals surface area contributed by atoms with Crippen LogP contribution in [0.15, 0.2) is 72.0 Å². The van der Waals surface area contributed by atoms with E-state index in [4.69, 9.17) is 9.73 Å². The molecule has 0 saturated carbocycles. The summed E-state index contributed by atoms with van der Waals surface area (Å²) in [6.45, 7) is 8.65. The Kier molecular flexibility index (Phi) is 6.78. The molecule has 6 nitrogen and oxygen atoms in total. The predicted octanol–water partition coefficient (Wildman–Crippen LogP) is 4.33. The normalized spacial score (nSPS) is 17.3. The van der Waals surface area contributed by atoms with Crippen LogP contribution in [0, 0.1) is 0 Å². The lowest BCUT2D eigenvalue weighted by atomic mass is 9.90. The highest BCUT2D eigenvalue weighted by Crippen LogP contribution is 2.39. The number of benzene rings is 2. The van der Waals surface area contributed by atoms with Crippen LogP contribution < -0.4 is 15.4 Å². The molecule has 1 aliphatic heterocycles. The van der Waals surface area contributed by atoms with E-state index in [1.807, 2.05) is 30.6 Å². The van der Waals surface area contributed by atoms with E-state index in [2.05, 4.69) is 77.4 Å². The molecular weight excluding hydrogens is 398 g/mol. The zero-order valence-corrected chi connectivity index (χ0v) is 19.2. The van der Waals surface area contributed by atoms with Crippen LogP contribution in [0.3, 0.4) is 0 Å². The monoisotopic (exact) mass is 431 g/mol. The Labute approximate surface area is 190 Å². The van der Waals surface area contributed by atoms with Gasteiger partial charge < -0.3 is 19.9 Å².